The van der Waals surface area contributed by atoms with Gasteiger partial charge in [-0.25, -0.2) is 4.79 Å². The number of hydrogen-bond donors (Lipinski definition) is 1. The number of carbonyl (C=O) groups is 2. The predicted molar refractivity (Wildman–Crippen MR) is 95.4 cm³/mol. The number of carbonyl (C=O) groups excluding carboxylic acids is 2. The number of ether oxygens (including phenoxy) is 1. The van der Waals surface area contributed by atoms with Gasteiger partial charge in [-0.2, -0.15) is 10.5 Å². The normalized spacial score (nSPS) is 18.6. The fourth-order valence-corrected chi connectivity index (χ4v) is 2.88. The lowest BCUT2D eigenvalue weighted by Gasteiger charge is -2.22. The minimum absolute atomic E-state index is 0.0767. The minimum Gasteiger partial charge on any atom is -0.492 e. The van der Waals surface area contributed by atoms with E-state index >= 15 is 0 Å². The Morgan fingerprint density at radius 2 is 1.78 bits per heavy atom. The largest absolute Gasteiger partial charge is 0.492 e. The summed E-state index contributed by atoms with van der Waals surface area (Å²) in [5, 5.41) is 20.5. The zero-order valence-corrected chi connectivity index (χ0v) is 14.6. The van der Waals surface area contributed by atoms with Gasteiger partial charge in [0.25, 0.3) is 5.91 Å². The molecule has 0 saturated carbocycles. The summed E-state index contributed by atoms with van der Waals surface area (Å²) in [6.07, 6.45) is 0. The first-order chi connectivity index (χ1) is 13.0. The monoisotopic (exact) mass is 360 g/mol. The smallest absolute Gasteiger partial charge is 0.325 e. The van der Waals surface area contributed by atoms with Crippen molar-refractivity contribution in [3.63, 3.8) is 0 Å². The molecule has 1 fully saturated rings. The highest BCUT2D eigenvalue weighted by Gasteiger charge is 2.48. The fourth-order valence-electron chi connectivity index (χ4n) is 2.88. The maximum atomic E-state index is 12.8. The van der Waals surface area contributed by atoms with Gasteiger partial charge in [0.15, 0.2) is 0 Å². The molecule has 1 aliphatic heterocycles. The van der Waals surface area contributed by atoms with Crippen molar-refractivity contribution in [2.75, 3.05) is 13.2 Å². The molecule has 7 nitrogen and oxygen atoms in total. The average molecular weight is 360 g/mol. The molecule has 1 heterocycles. The molecule has 27 heavy (non-hydrogen) atoms. The molecule has 134 valence electrons. The maximum Gasteiger partial charge on any atom is 0.325 e. The van der Waals surface area contributed by atoms with Crippen molar-refractivity contribution in [2.45, 2.75) is 12.5 Å². The molecule has 0 bridgehead atoms. The number of nitriles is 2. The highest BCUT2D eigenvalue weighted by Crippen LogP contribution is 2.29. The predicted octanol–water partition coefficient (Wildman–Crippen LogP) is 2.28. The molecule has 3 amide bonds. The molecular weight excluding hydrogens is 344 g/mol. The topological polar surface area (TPSA) is 106 Å². The molecule has 0 aliphatic carbocycles. The summed E-state index contributed by atoms with van der Waals surface area (Å²) < 4.78 is 5.55. The SMILES string of the molecule is C[C@@]1(c2ccc(C#N)cc2)NC(=O)N(CCOc2cccc(C#N)c2)C1=O. The zero-order chi connectivity index (χ0) is 19.4. The van der Waals surface area contributed by atoms with Gasteiger partial charge >= 0.3 is 6.03 Å². The zero-order valence-electron chi connectivity index (χ0n) is 14.6. The molecule has 2 aromatic carbocycles. The second-order valence-corrected chi connectivity index (χ2v) is 6.19. The van der Waals surface area contributed by atoms with Crippen molar-refractivity contribution >= 4 is 11.9 Å². The Kier molecular flexibility index (Phi) is 4.78. The van der Waals surface area contributed by atoms with E-state index in [0.29, 0.717) is 22.4 Å². The lowest BCUT2D eigenvalue weighted by Crippen LogP contribution is -2.41. The van der Waals surface area contributed by atoms with Gasteiger partial charge in [-0.1, -0.05) is 18.2 Å². The van der Waals surface area contributed by atoms with Gasteiger partial charge in [-0.15, -0.1) is 0 Å². The Morgan fingerprint density at radius 3 is 2.44 bits per heavy atom. The van der Waals surface area contributed by atoms with Gasteiger partial charge < -0.3 is 10.1 Å². The Labute approximate surface area is 156 Å². The van der Waals surface area contributed by atoms with E-state index in [1.807, 2.05) is 12.1 Å². The van der Waals surface area contributed by atoms with E-state index in [1.54, 1.807) is 55.5 Å². The number of imide groups is 1. The van der Waals surface area contributed by atoms with Crippen LogP contribution in [0, 0.1) is 22.7 Å². The summed E-state index contributed by atoms with van der Waals surface area (Å²) in [6, 6.07) is 16.7. The second kappa shape index (κ2) is 7.19. The quantitative estimate of drug-likeness (QED) is 0.823. The summed E-state index contributed by atoms with van der Waals surface area (Å²) in [6.45, 7) is 1.82. The summed E-state index contributed by atoms with van der Waals surface area (Å²) >= 11 is 0. The van der Waals surface area contributed by atoms with Crippen molar-refractivity contribution < 1.29 is 14.3 Å². The van der Waals surface area contributed by atoms with Crippen LogP contribution in [-0.4, -0.2) is 30.0 Å². The third-order valence-corrected chi connectivity index (χ3v) is 4.41. The van der Waals surface area contributed by atoms with Crippen LogP contribution in [0.15, 0.2) is 48.5 Å². The highest BCUT2D eigenvalue weighted by molar-refractivity contribution is 6.07. The maximum absolute atomic E-state index is 12.8. The molecule has 0 spiro atoms. The van der Waals surface area contributed by atoms with Crippen LogP contribution in [0.3, 0.4) is 0 Å². The summed E-state index contributed by atoms with van der Waals surface area (Å²) in [7, 11) is 0. The van der Waals surface area contributed by atoms with E-state index in [4.69, 9.17) is 15.3 Å². The van der Waals surface area contributed by atoms with Gasteiger partial charge in [-0.3, -0.25) is 9.69 Å². The van der Waals surface area contributed by atoms with E-state index in [1.165, 1.54) is 0 Å². The first-order valence-corrected chi connectivity index (χ1v) is 8.25. The summed E-state index contributed by atoms with van der Waals surface area (Å²) in [5.74, 6) is 0.113. The summed E-state index contributed by atoms with van der Waals surface area (Å²) in [5.41, 5.74) is 0.357. The van der Waals surface area contributed by atoms with Crippen LogP contribution in [0.25, 0.3) is 0 Å². The van der Waals surface area contributed by atoms with Gasteiger partial charge in [0.2, 0.25) is 0 Å². The first-order valence-electron chi connectivity index (χ1n) is 8.25. The molecule has 1 N–H and O–H groups in total. The average Bonchev–Trinajstić information content (AvgIpc) is 2.92. The molecule has 0 radical (unpaired) electrons. The van der Waals surface area contributed by atoms with Crippen LogP contribution < -0.4 is 10.1 Å². The van der Waals surface area contributed by atoms with E-state index in [2.05, 4.69) is 5.32 Å². The molecular formula is C20H16N4O3. The standard InChI is InChI=1S/C20H16N4O3/c1-20(16-7-5-14(12-21)6-8-16)18(25)24(19(26)23-20)9-10-27-17-4-2-3-15(11-17)13-22/h2-8,11H,9-10H2,1H3,(H,23,26)/t20-/m0/s1. The van der Waals surface area contributed by atoms with Crippen molar-refractivity contribution in [3.05, 3.63) is 65.2 Å². The Bertz CT molecular complexity index is 972. The third-order valence-electron chi connectivity index (χ3n) is 4.41. The van der Waals surface area contributed by atoms with Crippen LogP contribution in [0.4, 0.5) is 4.79 Å². The number of nitrogens with one attached hydrogen (secondary N) is 1. The molecule has 0 aromatic heterocycles. The Balaban J connectivity index is 1.68. The van der Waals surface area contributed by atoms with Crippen LogP contribution in [0.1, 0.15) is 23.6 Å². The van der Waals surface area contributed by atoms with Crippen LogP contribution in [0.2, 0.25) is 0 Å². The van der Waals surface area contributed by atoms with Gasteiger partial charge in [0.1, 0.15) is 17.9 Å². The van der Waals surface area contributed by atoms with E-state index in [0.717, 1.165) is 4.90 Å². The lowest BCUT2D eigenvalue weighted by atomic mass is 9.91. The van der Waals surface area contributed by atoms with Crippen molar-refractivity contribution in [1.29, 1.82) is 10.5 Å². The Hall–Kier alpha value is -3.84. The summed E-state index contributed by atoms with van der Waals surface area (Å²) in [4.78, 5) is 26.2. The number of urea groups is 1. The molecule has 1 saturated heterocycles. The van der Waals surface area contributed by atoms with Crippen molar-refractivity contribution in [2.24, 2.45) is 0 Å². The Morgan fingerprint density at radius 1 is 1.07 bits per heavy atom. The van der Waals surface area contributed by atoms with E-state index < -0.39 is 11.6 Å². The second-order valence-electron chi connectivity index (χ2n) is 6.19. The third kappa shape index (κ3) is 3.44. The minimum atomic E-state index is -1.19. The molecule has 2 aromatic rings. The molecule has 1 atom stereocenters. The molecule has 0 unspecified atom stereocenters. The van der Waals surface area contributed by atoms with Crippen LogP contribution in [0.5, 0.6) is 5.75 Å². The van der Waals surface area contributed by atoms with Gasteiger partial charge in [0.05, 0.1) is 29.8 Å². The van der Waals surface area contributed by atoms with Crippen molar-refractivity contribution in [1.82, 2.24) is 10.2 Å². The fraction of sp³-hybridized carbons (Fsp3) is 0.200. The van der Waals surface area contributed by atoms with E-state index in [-0.39, 0.29) is 19.1 Å². The van der Waals surface area contributed by atoms with Crippen LogP contribution in [-0.2, 0) is 10.3 Å². The number of nitrogens with zero attached hydrogens (tertiary/aromatic N) is 3. The van der Waals surface area contributed by atoms with Gasteiger partial charge in [0, 0.05) is 0 Å². The first kappa shape index (κ1) is 18.0. The molecule has 3 rings (SSSR count). The lowest BCUT2D eigenvalue weighted by molar-refractivity contribution is -0.131. The van der Waals surface area contributed by atoms with E-state index in [9.17, 15) is 9.59 Å². The number of benzene rings is 2. The number of amides is 3. The van der Waals surface area contributed by atoms with Crippen LogP contribution >= 0.6 is 0 Å². The molecule has 7 heteroatoms. The number of hydrogen-bond acceptors (Lipinski definition) is 5. The van der Waals surface area contributed by atoms with Gasteiger partial charge in [-0.05, 0) is 42.8 Å². The highest BCUT2D eigenvalue weighted by atomic mass is 16.5. The number of rotatable bonds is 5. The van der Waals surface area contributed by atoms with Crippen molar-refractivity contribution in [3.8, 4) is 17.9 Å². The molecule has 1 aliphatic rings.